The van der Waals surface area contributed by atoms with Crippen molar-refractivity contribution < 1.29 is 24.3 Å². The summed E-state index contributed by atoms with van der Waals surface area (Å²) >= 11 is 3.29. The number of ether oxygens (including phenoxy) is 2. The summed E-state index contributed by atoms with van der Waals surface area (Å²) in [6.07, 6.45) is 1.19. The van der Waals surface area contributed by atoms with E-state index in [4.69, 9.17) is 9.47 Å². The number of benzene rings is 2. The largest absolute Gasteiger partial charge is 0.500 e. The number of phenols is 1. The monoisotopic (exact) mass is 423 g/mol. The Bertz CT molecular complexity index is 856. The van der Waals surface area contributed by atoms with Gasteiger partial charge in [0.25, 0.3) is 5.91 Å². The molecular weight excluding hydrogens is 410 g/mol. The summed E-state index contributed by atoms with van der Waals surface area (Å²) in [7, 11) is 1.26. The second kappa shape index (κ2) is 8.81. The van der Waals surface area contributed by atoms with Gasteiger partial charge in [-0.15, -0.1) is 0 Å². The van der Waals surface area contributed by atoms with E-state index >= 15 is 0 Å². The number of hydrogen-bond donors (Lipinski definition) is 2. The van der Waals surface area contributed by atoms with Crippen molar-refractivity contribution in [3.63, 3.8) is 0 Å². The van der Waals surface area contributed by atoms with Crippen LogP contribution in [0.4, 0.5) is 5.69 Å². The minimum absolute atomic E-state index is 0.0794. The van der Waals surface area contributed by atoms with Crippen LogP contribution in [0.3, 0.4) is 0 Å². The lowest BCUT2D eigenvalue weighted by molar-refractivity contribution is -0.386. The highest BCUT2D eigenvalue weighted by molar-refractivity contribution is 9.10. The SMILES string of the molecule is COc1cc(/C=N/NC(=O)COc2ccccc2Br)cc([N+](=O)[O-])c1O. The third-order valence-electron chi connectivity index (χ3n) is 3.09. The van der Waals surface area contributed by atoms with Crippen molar-refractivity contribution in [2.45, 2.75) is 0 Å². The predicted molar refractivity (Wildman–Crippen MR) is 96.7 cm³/mol. The summed E-state index contributed by atoms with van der Waals surface area (Å²) in [4.78, 5) is 21.9. The van der Waals surface area contributed by atoms with Crippen molar-refractivity contribution in [3.8, 4) is 17.2 Å². The van der Waals surface area contributed by atoms with Crippen LogP contribution >= 0.6 is 15.9 Å². The number of halogens is 1. The van der Waals surface area contributed by atoms with Crippen LogP contribution in [-0.4, -0.2) is 35.9 Å². The maximum atomic E-state index is 11.7. The number of para-hydroxylation sites is 1. The number of carbonyl (C=O) groups excluding carboxylic acids is 1. The highest BCUT2D eigenvalue weighted by Gasteiger charge is 2.19. The van der Waals surface area contributed by atoms with E-state index in [1.54, 1.807) is 18.2 Å². The molecule has 2 aromatic carbocycles. The zero-order valence-electron chi connectivity index (χ0n) is 13.5. The topological polar surface area (TPSA) is 123 Å². The molecule has 0 bridgehead atoms. The molecule has 0 aliphatic rings. The van der Waals surface area contributed by atoms with Crippen LogP contribution in [0.15, 0.2) is 46.0 Å². The van der Waals surface area contributed by atoms with Gasteiger partial charge >= 0.3 is 5.69 Å². The normalized spacial score (nSPS) is 10.5. The zero-order valence-corrected chi connectivity index (χ0v) is 15.1. The smallest absolute Gasteiger partial charge is 0.315 e. The van der Waals surface area contributed by atoms with Gasteiger partial charge in [0.1, 0.15) is 5.75 Å². The van der Waals surface area contributed by atoms with E-state index < -0.39 is 22.3 Å². The second-order valence-electron chi connectivity index (χ2n) is 4.86. The molecule has 2 rings (SSSR count). The van der Waals surface area contributed by atoms with Gasteiger partial charge in [-0.3, -0.25) is 14.9 Å². The van der Waals surface area contributed by atoms with E-state index in [9.17, 15) is 20.0 Å². The van der Waals surface area contributed by atoms with Crippen molar-refractivity contribution in [1.29, 1.82) is 0 Å². The summed E-state index contributed by atoms with van der Waals surface area (Å²) < 4.78 is 10.9. The number of hydrazone groups is 1. The third kappa shape index (κ3) is 4.93. The summed E-state index contributed by atoms with van der Waals surface area (Å²) in [6, 6.07) is 9.49. The highest BCUT2D eigenvalue weighted by atomic mass is 79.9. The first-order valence-corrected chi connectivity index (χ1v) is 7.96. The maximum Gasteiger partial charge on any atom is 0.315 e. The number of nitro groups is 1. The van der Waals surface area contributed by atoms with Crippen LogP contribution in [-0.2, 0) is 4.79 Å². The fourth-order valence-electron chi connectivity index (χ4n) is 1.90. The molecule has 0 radical (unpaired) electrons. The number of nitrogens with zero attached hydrogens (tertiary/aromatic N) is 2. The van der Waals surface area contributed by atoms with Crippen LogP contribution in [0.5, 0.6) is 17.2 Å². The van der Waals surface area contributed by atoms with E-state index in [-0.39, 0.29) is 17.9 Å². The Morgan fingerprint density at radius 2 is 2.12 bits per heavy atom. The average Bonchev–Trinajstić information content (AvgIpc) is 2.62. The Hall–Kier alpha value is -3.14. The van der Waals surface area contributed by atoms with Crippen molar-refractivity contribution in [2.24, 2.45) is 5.10 Å². The quantitative estimate of drug-likeness (QED) is 0.400. The van der Waals surface area contributed by atoms with E-state index in [0.717, 1.165) is 6.07 Å². The van der Waals surface area contributed by atoms with Crippen LogP contribution in [0, 0.1) is 10.1 Å². The van der Waals surface area contributed by atoms with Gasteiger partial charge in [0, 0.05) is 11.6 Å². The number of methoxy groups -OCH3 is 1. The fraction of sp³-hybridized carbons (Fsp3) is 0.125. The Balaban J connectivity index is 1.99. The molecule has 0 heterocycles. The van der Waals surface area contributed by atoms with Crippen molar-refractivity contribution in [2.75, 3.05) is 13.7 Å². The lowest BCUT2D eigenvalue weighted by atomic mass is 10.2. The Kier molecular flexibility index (Phi) is 6.50. The summed E-state index contributed by atoms with van der Waals surface area (Å²) in [5.41, 5.74) is 1.97. The van der Waals surface area contributed by atoms with Crippen LogP contribution in [0.1, 0.15) is 5.56 Å². The number of hydrogen-bond acceptors (Lipinski definition) is 7. The fourth-order valence-corrected chi connectivity index (χ4v) is 2.30. The second-order valence-corrected chi connectivity index (χ2v) is 5.71. The standard InChI is InChI=1S/C16H14BrN3O6/c1-25-14-7-10(6-12(16(14)22)20(23)24)8-18-19-15(21)9-26-13-5-3-2-4-11(13)17/h2-8,22H,9H2,1H3,(H,19,21)/b18-8+. The molecule has 0 aliphatic heterocycles. The highest BCUT2D eigenvalue weighted by Crippen LogP contribution is 2.36. The van der Waals surface area contributed by atoms with E-state index in [2.05, 4.69) is 26.5 Å². The molecule has 2 N–H and O–H groups in total. The minimum Gasteiger partial charge on any atom is -0.500 e. The van der Waals surface area contributed by atoms with E-state index in [0.29, 0.717) is 10.2 Å². The van der Waals surface area contributed by atoms with Crippen LogP contribution in [0.2, 0.25) is 0 Å². The Morgan fingerprint density at radius 1 is 1.38 bits per heavy atom. The number of nitrogens with one attached hydrogen (secondary N) is 1. The third-order valence-corrected chi connectivity index (χ3v) is 3.75. The molecule has 26 heavy (non-hydrogen) atoms. The molecule has 0 aromatic heterocycles. The number of nitro benzene ring substituents is 1. The van der Waals surface area contributed by atoms with Crippen LogP contribution in [0.25, 0.3) is 0 Å². The minimum atomic E-state index is -0.751. The summed E-state index contributed by atoms with van der Waals surface area (Å²) in [5, 5.41) is 24.3. The molecule has 0 unspecified atom stereocenters. The van der Waals surface area contributed by atoms with Gasteiger partial charge in [0.2, 0.25) is 5.75 Å². The average molecular weight is 424 g/mol. The molecule has 9 nitrogen and oxygen atoms in total. The molecule has 0 spiro atoms. The number of aromatic hydroxyl groups is 1. The molecule has 2 aromatic rings. The first kappa shape index (κ1) is 19.2. The molecule has 0 aliphatic carbocycles. The maximum absolute atomic E-state index is 11.7. The lowest BCUT2D eigenvalue weighted by Gasteiger charge is -2.07. The van der Waals surface area contributed by atoms with Gasteiger partial charge in [0.05, 0.1) is 22.7 Å². The van der Waals surface area contributed by atoms with E-state index in [1.165, 1.54) is 19.4 Å². The Morgan fingerprint density at radius 3 is 2.77 bits per heavy atom. The summed E-state index contributed by atoms with van der Waals surface area (Å²) in [5.74, 6) is -0.674. The molecule has 1 amide bonds. The number of amides is 1. The van der Waals surface area contributed by atoms with Gasteiger partial charge in [-0.1, -0.05) is 12.1 Å². The van der Waals surface area contributed by atoms with E-state index in [1.807, 2.05) is 6.07 Å². The molecule has 0 atom stereocenters. The molecule has 10 heteroatoms. The Labute approximate surface area is 156 Å². The summed E-state index contributed by atoms with van der Waals surface area (Å²) in [6.45, 7) is -0.265. The van der Waals surface area contributed by atoms with Crippen molar-refractivity contribution >= 4 is 33.7 Å². The molecule has 0 saturated heterocycles. The number of carbonyl (C=O) groups is 1. The first-order chi connectivity index (χ1) is 12.4. The van der Waals surface area contributed by atoms with Gasteiger partial charge < -0.3 is 14.6 Å². The van der Waals surface area contributed by atoms with Gasteiger partial charge in [0.15, 0.2) is 12.4 Å². The predicted octanol–water partition coefficient (Wildman–Crippen LogP) is 2.60. The van der Waals surface area contributed by atoms with Crippen molar-refractivity contribution in [1.82, 2.24) is 5.43 Å². The molecule has 136 valence electrons. The number of rotatable bonds is 7. The molecular formula is C16H14BrN3O6. The number of phenolic OH excluding ortho intramolecular Hbond substituents is 1. The van der Waals surface area contributed by atoms with Gasteiger partial charge in [-0.25, -0.2) is 5.43 Å². The molecule has 0 saturated carbocycles. The van der Waals surface area contributed by atoms with Crippen molar-refractivity contribution in [3.05, 3.63) is 56.5 Å². The first-order valence-electron chi connectivity index (χ1n) is 7.17. The van der Waals surface area contributed by atoms with Gasteiger partial charge in [-0.05, 0) is 34.1 Å². The lowest BCUT2D eigenvalue weighted by Crippen LogP contribution is -2.24. The van der Waals surface area contributed by atoms with Gasteiger partial charge in [-0.2, -0.15) is 5.10 Å². The zero-order chi connectivity index (χ0) is 19.1. The van der Waals surface area contributed by atoms with Crippen LogP contribution < -0.4 is 14.9 Å². The molecule has 0 fully saturated rings.